The number of anilines is 1. The molecule has 6 nitrogen and oxygen atoms in total. The lowest BCUT2D eigenvalue weighted by atomic mass is 10.1. The van der Waals surface area contributed by atoms with Crippen LogP contribution in [0.5, 0.6) is 0 Å². The van der Waals surface area contributed by atoms with Gasteiger partial charge in [0.15, 0.2) is 0 Å². The molecule has 2 amide bonds. The molecule has 1 N–H and O–H groups in total. The van der Waals surface area contributed by atoms with Crippen molar-refractivity contribution in [2.24, 2.45) is 0 Å². The number of carbonyl (C=O) groups is 1. The van der Waals surface area contributed by atoms with Gasteiger partial charge >= 0.3 is 6.03 Å². The van der Waals surface area contributed by atoms with Gasteiger partial charge in [0.2, 0.25) is 5.95 Å². The average molecular weight is 311 g/mol. The average Bonchev–Trinajstić information content (AvgIpc) is 2.62. The third kappa shape index (κ3) is 3.77. The summed E-state index contributed by atoms with van der Waals surface area (Å²) in [6.07, 6.45) is 3.48. The Balaban J connectivity index is 1.50. The summed E-state index contributed by atoms with van der Waals surface area (Å²) in [4.78, 5) is 24.7. The van der Waals surface area contributed by atoms with Gasteiger partial charge < -0.3 is 15.1 Å². The standard InChI is InChI=1S/C17H21N5O/c1-14-5-2-3-6-15(14)13-20-17(23)22-11-9-21(10-12-22)16-18-7-4-8-19-16/h2-8H,9-13H2,1H3,(H,20,23). The van der Waals surface area contributed by atoms with Crippen molar-refractivity contribution < 1.29 is 4.79 Å². The minimum absolute atomic E-state index is 0.0121. The minimum Gasteiger partial charge on any atom is -0.337 e. The Kier molecular flexibility index (Phi) is 4.71. The van der Waals surface area contributed by atoms with Crippen molar-refractivity contribution in [3.8, 4) is 0 Å². The third-order valence-corrected chi connectivity index (χ3v) is 4.09. The molecule has 2 aromatic rings. The second kappa shape index (κ2) is 7.09. The van der Waals surface area contributed by atoms with E-state index in [1.54, 1.807) is 18.5 Å². The highest BCUT2D eigenvalue weighted by molar-refractivity contribution is 5.74. The van der Waals surface area contributed by atoms with Crippen LogP contribution in [-0.2, 0) is 6.54 Å². The molecule has 0 saturated carbocycles. The van der Waals surface area contributed by atoms with Gasteiger partial charge in [-0.25, -0.2) is 14.8 Å². The van der Waals surface area contributed by atoms with Crippen LogP contribution in [0.2, 0.25) is 0 Å². The maximum Gasteiger partial charge on any atom is 0.317 e. The van der Waals surface area contributed by atoms with Crippen molar-refractivity contribution >= 4 is 12.0 Å². The number of nitrogens with one attached hydrogen (secondary N) is 1. The predicted octanol–water partition coefficient (Wildman–Crippen LogP) is 1.82. The van der Waals surface area contributed by atoms with Gasteiger partial charge in [-0.1, -0.05) is 24.3 Å². The molecule has 0 radical (unpaired) electrons. The summed E-state index contributed by atoms with van der Waals surface area (Å²) in [5.41, 5.74) is 2.34. The molecule has 1 aliphatic rings. The number of hydrogen-bond donors (Lipinski definition) is 1. The fourth-order valence-corrected chi connectivity index (χ4v) is 2.66. The molecular formula is C17H21N5O. The molecule has 1 fully saturated rings. The Bertz CT molecular complexity index is 653. The Morgan fingerprint density at radius 3 is 2.48 bits per heavy atom. The number of carbonyl (C=O) groups excluding carboxylic acids is 1. The van der Waals surface area contributed by atoms with Crippen molar-refractivity contribution in [1.29, 1.82) is 0 Å². The van der Waals surface area contributed by atoms with E-state index in [0.717, 1.165) is 24.6 Å². The number of aromatic nitrogens is 2. The largest absolute Gasteiger partial charge is 0.337 e. The van der Waals surface area contributed by atoms with Gasteiger partial charge in [-0.3, -0.25) is 0 Å². The maximum absolute atomic E-state index is 12.3. The minimum atomic E-state index is -0.0121. The van der Waals surface area contributed by atoms with Gasteiger partial charge in [0.1, 0.15) is 0 Å². The van der Waals surface area contributed by atoms with Crippen molar-refractivity contribution in [3.63, 3.8) is 0 Å². The zero-order valence-corrected chi connectivity index (χ0v) is 13.3. The molecule has 3 rings (SSSR count). The van der Waals surface area contributed by atoms with E-state index in [1.165, 1.54) is 5.56 Å². The number of nitrogens with zero attached hydrogens (tertiary/aromatic N) is 4. The van der Waals surface area contributed by atoms with E-state index in [-0.39, 0.29) is 6.03 Å². The second-order valence-corrected chi connectivity index (χ2v) is 5.61. The van der Waals surface area contributed by atoms with E-state index in [4.69, 9.17) is 0 Å². The van der Waals surface area contributed by atoms with Gasteiger partial charge in [0, 0.05) is 45.1 Å². The molecule has 0 atom stereocenters. The van der Waals surface area contributed by atoms with Crippen LogP contribution in [0.3, 0.4) is 0 Å². The molecule has 6 heteroatoms. The van der Waals surface area contributed by atoms with Crippen molar-refractivity contribution in [1.82, 2.24) is 20.2 Å². The first-order valence-corrected chi connectivity index (χ1v) is 7.83. The van der Waals surface area contributed by atoms with Crippen molar-refractivity contribution in [2.45, 2.75) is 13.5 Å². The molecule has 2 heterocycles. The summed E-state index contributed by atoms with van der Waals surface area (Å²) in [5.74, 6) is 0.729. The zero-order chi connectivity index (χ0) is 16.1. The SMILES string of the molecule is Cc1ccccc1CNC(=O)N1CCN(c2ncccn2)CC1. The van der Waals surface area contributed by atoms with Gasteiger partial charge in [0.25, 0.3) is 0 Å². The number of aryl methyl sites for hydroxylation is 1. The van der Waals surface area contributed by atoms with Crippen molar-refractivity contribution in [2.75, 3.05) is 31.1 Å². The lowest BCUT2D eigenvalue weighted by molar-refractivity contribution is 0.193. The Morgan fingerprint density at radius 2 is 1.78 bits per heavy atom. The first kappa shape index (κ1) is 15.3. The predicted molar refractivity (Wildman–Crippen MR) is 89.2 cm³/mol. The monoisotopic (exact) mass is 311 g/mol. The summed E-state index contributed by atoms with van der Waals surface area (Å²) in [6.45, 7) is 5.48. The molecule has 0 aliphatic carbocycles. The van der Waals surface area contributed by atoms with Crippen LogP contribution in [0.25, 0.3) is 0 Å². The Labute approximate surface area is 136 Å². The molecule has 0 unspecified atom stereocenters. The summed E-state index contributed by atoms with van der Waals surface area (Å²) >= 11 is 0. The number of hydrogen-bond acceptors (Lipinski definition) is 4. The Hall–Kier alpha value is -2.63. The number of amides is 2. The lowest BCUT2D eigenvalue weighted by Crippen LogP contribution is -2.52. The number of piperazine rings is 1. The quantitative estimate of drug-likeness (QED) is 0.939. The molecule has 23 heavy (non-hydrogen) atoms. The van der Waals surface area contributed by atoms with E-state index in [0.29, 0.717) is 19.6 Å². The molecule has 120 valence electrons. The molecule has 0 spiro atoms. The van der Waals surface area contributed by atoms with Crippen LogP contribution in [0.1, 0.15) is 11.1 Å². The van der Waals surface area contributed by atoms with E-state index < -0.39 is 0 Å². The van der Waals surface area contributed by atoms with Gasteiger partial charge in [-0.15, -0.1) is 0 Å². The number of rotatable bonds is 3. The maximum atomic E-state index is 12.3. The van der Waals surface area contributed by atoms with Crippen LogP contribution >= 0.6 is 0 Å². The summed E-state index contributed by atoms with van der Waals surface area (Å²) in [6, 6.07) is 9.89. The number of benzene rings is 1. The normalized spacial score (nSPS) is 14.7. The van der Waals surface area contributed by atoms with Crippen molar-refractivity contribution in [3.05, 3.63) is 53.9 Å². The first-order valence-electron chi connectivity index (χ1n) is 7.83. The molecule has 1 saturated heterocycles. The Morgan fingerprint density at radius 1 is 1.09 bits per heavy atom. The smallest absolute Gasteiger partial charge is 0.317 e. The van der Waals surface area contributed by atoms with Gasteiger partial charge in [-0.2, -0.15) is 0 Å². The lowest BCUT2D eigenvalue weighted by Gasteiger charge is -2.34. The van der Waals surface area contributed by atoms with Crippen LogP contribution < -0.4 is 10.2 Å². The van der Waals surface area contributed by atoms with Gasteiger partial charge in [-0.05, 0) is 24.1 Å². The third-order valence-electron chi connectivity index (χ3n) is 4.09. The highest BCUT2D eigenvalue weighted by atomic mass is 16.2. The highest BCUT2D eigenvalue weighted by Crippen LogP contribution is 2.10. The summed E-state index contributed by atoms with van der Waals surface area (Å²) in [7, 11) is 0. The number of urea groups is 1. The molecular weight excluding hydrogens is 290 g/mol. The first-order chi connectivity index (χ1) is 11.2. The van der Waals surface area contributed by atoms with Crippen LogP contribution in [-0.4, -0.2) is 47.1 Å². The molecule has 0 bridgehead atoms. The fraction of sp³-hybridized carbons (Fsp3) is 0.353. The fourth-order valence-electron chi connectivity index (χ4n) is 2.66. The topological polar surface area (TPSA) is 61.4 Å². The van der Waals surface area contributed by atoms with Crippen LogP contribution in [0.15, 0.2) is 42.7 Å². The van der Waals surface area contributed by atoms with Crippen LogP contribution in [0, 0.1) is 6.92 Å². The van der Waals surface area contributed by atoms with E-state index in [2.05, 4.69) is 33.2 Å². The summed E-state index contributed by atoms with van der Waals surface area (Å²) in [5, 5.41) is 3.00. The summed E-state index contributed by atoms with van der Waals surface area (Å²) < 4.78 is 0. The highest BCUT2D eigenvalue weighted by Gasteiger charge is 2.22. The van der Waals surface area contributed by atoms with E-state index in [9.17, 15) is 4.79 Å². The molecule has 1 aromatic carbocycles. The van der Waals surface area contributed by atoms with E-state index >= 15 is 0 Å². The van der Waals surface area contributed by atoms with Gasteiger partial charge in [0.05, 0.1) is 0 Å². The second-order valence-electron chi connectivity index (χ2n) is 5.61. The van der Waals surface area contributed by atoms with Crippen LogP contribution in [0.4, 0.5) is 10.7 Å². The molecule has 1 aromatic heterocycles. The molecule has 1 aliphatic heterocycles. The van der Waals surface area contributed by atoms with E-state index in [1.807, 2.05) is 23.1 Å². The zero-order valence-electron chi connectivity index (χ0n) is 13.3.